The van der Waals surface area contributed by atoms with Crippen molar-refractivity contribution in [3.8, 4) is 0 Å². The van der Waals surface area contributed by atoms with Gasteiger partial charge in [-0.1, -0.05) is 6.92 Å². The van der Waals surface area contributed by atoms with Crippen molar-refractivity contribution in [2.75, 3.05) is 13.1 Å². The predicted octanol–water partition coefficient (Wildman–Crippen LogP) is 2.33. The highest BCUT2D eigenvalue weighted by molar-refractivity contribution is 4.73. The lowest BCUT2D eigenvalue weighted by Gasteiger charge is -2.29. The molecule has 0 spiro atoms. The SMILES string of the molecule is CCC(C)(C)OC1CCCNCC1. The van der Waals surface area contributed by atoms with Gasteiger partial charge in [0.05, 0.1) is 11.7 Å². The Bertz CT molecular complexity index is 137. The summed E-state index contributed by atoms with van der Waals surface area (Å²) in [4.78, 5) is 0. The summed E-state index contributed by atoms with van der Waals surface area (Å²) in [6.07, 6.45) is 5.21. The molecule has 1 atom stereocenters. The number of ether oxygens (including phenoxy) is 1. The third kappa shape index (κ3) is 4.10. The highest BCUT2D eigenvalue weighted by Crippen LogP contribution is 2.21. The van der Waals surface area contributed by atoms with Crippen LogP contribution in [0.4, 0.5) is 0 Å². The van der Waals surface area contributed by atoms with E-state index in [0.717, 1.165) is 19.5 Å². The Balaban J connectivity index is 2.33. The van der Waals surface area contributed by atoms with E-state index in [-0.39, 0.29) is 5.60 Å². The van der Waals surface area contributed by atoms with Crippen LogP contribution in [-0.4, -0.2) is 24.8 Å². The standard InChI is InChI=1S/C11H23NO/c1-4-11(2,3)13-10-6-5-8-12-9-7-10/h10,12H,4-9H2,1-3H3. The van der Waals surface area contributed by atoms with Gasteiger partial charge in [0.2, 0.25) is 0 Å². The van der Waals surface area contributed by atoms with E-state index in [9.17, 15) is 0 Å². The van der Waals surface area contributed by atoms with Gasteiger partial charge in [-0.05, 0) is 52.6 Å². The molecule has 1 N–H and O–H groups in total. The van der Waals surface area contributed by atoms with E-state index < -0.39 is 0 Å². The molecule has 1 heterocycles. The Labute approximate surface area is 82.0 Å². The van der Waals surface area contributed by atoms with Crippen LogP contribution >= 0.6 is 0 Å². The predicted molar refractivity (Wildman–Crippen MR) is 56.0 cm³/mol. The zero-order chi connectivity index (χ0) is 9.73. The van der Waals surface area contributed by atoms with Crippen LogP contribution in [0.2, 0.25) is 0 Å². The van der Waals surface area contributed by atoms with Crippen LogP contribution in [-0.2, 0) is 4.74 Å². The van der Waals surface area contributed by atoms with Crippen molar-refractivity contribution in [3.05, 3.63) is 0 Å². The zero-order valence-electron chi connectivity index (χ0n) is 9.23. The quantitative estimate of drug-likeness (QED) is 0.728. The Morgan fingerprint density at radius 1 is 1.31 bits per heavy atom. The lowest BCUT2D eigenvalue weighted by molar-refractivity contribution is -0.0771. The molecule has 0 aliphatic carbocycles. The van der Waals surface area contributed by atoms with E-state index in [4.69, 9.17) is 4.74 Å². The summed E-state index contributed by atoms with van der Waals surface area (Å²) < 4.78 is 6.07. The molecule has 0 radical (unpaired) electrons. The molecule has 0 aromatic carbocycles. The molecular formula is C11H23NO. The molecule has 1 rings (SSSR count). The summed E-state index contributed by atoms with van der Waals surface area (Å²) in [6, 6.07) is 0. The van der Waals surface area contributed by atoms with Crippen molar-refractivity contribution in [1.82, 2.24) is 5.32 Å². The lowest BCUT2D eigenvalue weighted by Crippen LogP contribution is -2.30. The highest BCUT2D eigenvalue weighted by atomic mass is 16.5. The van der Waals surface area contributed by atoms with Gasteiger partial charge in [-0.3, -0.25) is 0 Å². The molecule has 1 aliphatic heterocycles. The normalized spacial score (nSPS) is 25.6. The Morgan fingerprint density at radius 3 is 2.77 bits per heavy atom. The molecule has 1 fully saturated rings. The average molecular weight is 185 g/mol. The van der Waals surface area contributed by atoms with Crippen molar-refractivity contribution >= 4 is 0 Å². The molecule has 2 nitrogen and oxygen atoms in total. The minimum absolute atomic E-state index is 0.0645. The highest BCUT2D eigenvalue weighted by Gasteiger charge is 2.22. The molecule has 0 aromatic heterocycles. The van der Waals surface area contributed by atoms with Crippen LogP contribution in [0.15, 0.2) is 0 Å². The number of hydrogen-bond donors (Lipinski definition) is 1. The van der Waals surface area contributed by atoms with Gasteiger partial charge in [0.1, 0.15) is 0 Å². The van der Waals surface area contributed by atoms with E-state index in [1.165, 1.54) is 19.3 Å². The number of nitrogens with one attached hydrogen (secondary N) is 1. The average Bonchev–Trinajstić information content (AvgIpc) is 2.32. The monoisotopic (exact) mass is 185 g/mol. The van der Waals surface area contributed by atoms with E-state index >= 15 is 0 Å². The zero-order valence-corrected chi connectivity index (χ0v) is 9.23. The molecule has 1 saturated heterocycles. The smallest absolute Gasteiger partial charge is 0.0627 e. The van der Waals surface area contributed by atoms with Crippen LogP contribution in [0.1, 0.15) is 46.5 Å². The van der Waals surface area contributed by atoms with Crippen LogP contribution in [0.3, 0.4) is 0 Å². The third-order valence-corrected chi connectivity index (χ3v) is 2.86. The second-order valence-electron chi connectivity index (χ2n) is 4.53. The molecule has 1 unspecified atom stereocenters. The topological polar surface area (TPSA) is 21.3 Å². The molecule has 1 aliphatic rings. The van der Waals surface area contributed by atoms with Crippen molar-refractivity contribution in [2.24, 2.45) is 0 Å². The van der Waals surface area contributed by atoms with Gasteiger partial charge in [-0.2, -0.15) is 0 Å². The van der Waals surface area contributed by atoms with Gasteiger partial charge in [-0.25, -0.2) is 0 Å². The van der Waals surface area contributed by atoms with Crippen molar-refractivity contribution in [3.63, 3.8) is 0 Å². The molecule has 0 saturated carbocycles. The molecule has 78 valence electrons. The van der Waals surface area contributed by atoms with Gasteiger partial charge < -0.3 is 10.1 Å². The first-order valence-electron chi connectivity index (χ1n) is 5.52. The maximum Gasteiger partial charge on any atom is 0.0627 e. The molecule has 0 bridgehead atoms. The second-order valence-corrected chi connectivity index (χ2v) is 4.53. The first-order valence-corrected chi connectivity index (χ1v) is 5.52. The number of rotatable bonds is 3. The van der Waals surface area contributed by atoms with Gasteiger partial charge in [0.15, 0.2) is 0 Å². The van der Waals surface area contributed by atoms with Crippen LogP contribution in [0.25, 0.3) is 0 Å². The lowest BCUT2D eigenvalue weighted by atomic mass is 10.0. The molecule has 0 aromatic rings. The number of hydrogen-bond acceptors (Lipinski definition) is 2. The Hall–Kier alpha value is -0.0800. The summed E-state index contributed by atoms with van der Waals surface area (Å²) in [5, 5.41) is 3.40. The summed E-state index contributed by atoms with van der Waals surface area (Å²) in [5.41, 5.74) is 0.0645. The van der Waals surface area contributed by atoms with Crippen molar-refractivity contribution < 1.29 is 4.74 Å². The van der Waals surface area contributed by atoms with Gasteiger partial charge >= 0.3 is 0 Å². The summed E-state index contributed by atoms with van der Waals surface area (Å²) >= 11 is 0. The molecule has 2 heteroatoms. The Kier molecular flexibility index (Phi) is 4.20. The summed E-state index contributed by atoms with van der Waals surface area (Å²) in [7, 11) is 0. The maximum absolute atomic E-state index is 6.07. The fourth-order valence-corrected chi connectivity index (χ4v) is 1.64. The van der Waals surface area contributed by atoms with Crippen LogP contribution in [0, 0.1) is 0 Å². The molecule has 13 heavy (non-hydrogen) atoms. The van der Waals surface area contributed by atoms with E-state index in [2.05, 4.69) is 26.1 Å². The summed E-state index contributed by atoms with van der Waals surface area (Å²) in [5.74, 6) is 0. The largest absolute Gasteiger partial charge is 0.372 e. The maximum atomic E-state index is 6.07. The van der Waals surface area contributed by atoms with E-state index in [0.29, 0.717) is 6.10 Å². The fraction of sp³-hybridized carbons (Fsp3) is 1.00. The van der Waals surface area contributed by atoms with Gasteiger partial charge in [0.25, 0.3) is 0 Å². The second kappa shape index (κ2) is 4.97. The van der Waals surface area contributed by atoms with Crippen LogP contribution in [0.5, 0.6) is 0 Å². The third-order valence-electron chi connectivity index (χ3n) is 2.86. The first-order chi connectivity index (χ1) is 6.14. The first kappa shape index (κ1) is 11.0. The fourth-order valence-electron chi connectivity index (χ4n) is 1.64. The van der Waals surface area contributed by atoms with Crippen molar-refractivity contribution in [1.29, 1.82) is 0 Å². The molecular weight excluding hydrogens is 162 g/mol. The van der Waals surface area contributed by atoms with Gasteiger partial charge in [0, 0.05) is 0 Å². The molecule has 0 amide bonds. The summed E-state index contributed by atoms with van der Waals surface area (Å²) in [6.45, 7) is 8.84. The van der Waals surface area contributed by atoms with Crippen LogP contribution < -0.4 is 5.32 Å². The minimum atomic E-state index is 0.0645. The van der Waals surface area contributed by atoms with E-state index in [1.807, 2.05) is 0 Å². The minimum Gasteiger partial charge on any atom is -0.372 e. The van der Waals surface area contributed by atoms with Crippen molar-refractivity contribution in [2.45, 2.75) is 58.2 Å². The Morgan fingerprint density at radius 2 is 2.08 bits per heavy atom. The van der Waals surface area contributed by atoms with Gasteiger partial charge in [-0.15, -0.1) is 0 Å². The van der Waals surface area contributed by atoms with E-state index in [1.54, 1.807) is 0 Å².